The van der Waals surface area contributed by atoms with Crippen molar-refractivity contribution in [1.82, 2.24) is 14.9 Å². The molecular formula is C15H27IN4O3S. The molecule has 0 aliphatic carbocycles. The number of sulfonamides is 1. The van der Waals surface area contributed by atoms with Gasteiger partial charge < -0.3 is 15.0 Å². The number of nitrogens with one attached hydrogen (secondary N) is 2. The first-order chi connectivity index (χ1) is 11.0. The third kappa shape index (κ3) is 9.28. The number of hydrogen-bond donors (Lipinski definition) is 2. The van der Waals surface area contributed by atoms with Crippen molar-refractivity contribution in [2.24, 2.45) is 4.99 Å². The molecule has 0 unspecified atom stereocenters. The molecule has 0 atom stereocenters. The van der Waals surface area contributed by atoms with E-state index in [0.717, 1.165) is 5.75 Å². The van der Waals surface area contributed by atoms with Crippen LogP contribution in [0.25, 0.3) is 0 Å². The first kappa shape index (κ1) is 22.9. The van der Waals surface area contributed by atoms with Crippen LogP contribution in [0.3, 0.4) is 0 Å². The van der Waals surface area contributed by atoms with Gasteiger partial charge in [0.15, 0.2) is 5.96 Å². The fourth-order valence-corrected chi connectivity index (χ4v) is 2.41. The molecule has 1 aromatic carbocycles. The predicted octanol–water partition coefficient (Wildman–Crippen LogP) is 1.13. The number of rotatable bonds is 9. The minimum atomic E-state index is -3.15. The van der Waals surface area contributed by atoms with Crippen LogP contribution in [0.1, 0.15) is 6.92 Å². The van der Waals surface area contributed by atoms with Gasteiger partial charge in [-0.2, -0.15) is 0 Å². The van der Waals surface area contributed by atoms with E-state index in [1.165, 1.54) is 0 Å². The smallest absolute Gasteiger partial charge is 0.211 e. The molecule has 0 aliphatic rings. The Morgan fingerprint density at radius 1 is 1.25 bits per heavy atom. The summed E-state index contributed by atoms with van der Waals surface area (Å²) in [5, 5.41) is 3.11. The van der Waals surface area contributed by atoms with E-state index in [9.17, 15) is 8.42 Å². The van der Waals surface area contributed by atoms with E-state index in [1.54, 1.807) is 14.0 Å². The lowest BCUT2D eigenvalue weighted by atomic mass is 10.3. The third-order valence-corrected chi connectivity index (χ3v) is 4.53. The number of benzene rings is 1. The van der Waals surface area contributed by atoms with Crippen LogP contribution < -0.4 is 14.8 Å². The summed E-state index contributed by atoms with van der Waals surface area (Å²) in [6, 6.07) is 9.62. The number of guanidine groups is 1. The van der Waals surface area contributed by atoms with Crippen molar-refractivity contribution in [1.29, 1.82) is 0 Å². The predicted molar refractivity (Wildman–Crippen MR) is 109 cm³/mol. The molecule has 0 aromatic heterocycles. The van der Waals surface area contributed by atoms with Gasteiger partial charge in [0.05, 0.1) is 12.3 Å². The highest BCUT2D eigenvalue weighted by Crippen LogP contribution is 2.07. The topological polar surface area (TPSA) is 83.0 Å². The van der Waals surface area contributed by atoms with Crippen LogP contribution >= 0.6 is 24.0 Å². The van der Waals surface area contributed by atoms with Crippen LogP contribution in [0.15, 0.2) is 35.3 Å². The Morgan fingerprint density at radius 3 is 2.50 bits per heavy atom. The summed E-state index contributed by atoms with van der Waals surface area (Å²) in [7, 11) is 0.438. The molecular weight excluding hydrogens is 443 g/mol. The van der Waals surface area contributed by atoms with Crippen molar-refractivity contribution in [3.8, 4) is 5.75 Å². The number of hydrogen-bond acceptors (Lipinski definition) is 4. The van der Waals surface area contributed by atoms with E-state index in [4.69, 9.17) is 4.74 Å². The molecule has 0 saturated heterocycles. The Hall–Kier alpha value is -1.07. The van der Waals surface area contributed by atoms with Crippen LogP contribution in [0.2, 0.25) is 0 Å². The lowest BCUT2D eigenvalue weighted by molar-refractivity contribution is 0.281. The van der Waals surface area contributed by atoms with Gasteiger partial charge in [0, 0.05) is 27.2 Å². The van der Waals surface area contributed by atoms with Crippen LogP contribution in [0.5, 0.6) is 5.75 Å². The van der Waals surface area contributed by atoms with Crippen molar-refractivity contribution in [2.45, 2.75) is 6.92 Å². The van der Waals surface area contributed by atoms with E-state index in [2.05, 4.69) is 15.0 Å². The van der Waals surface area contributed by atoms with Gasteiger partial charge in [-0.15, -0.1) is 24.0 Å². The van der Waals surface area contributed by atoms with Crippen LogP contribution in [-0.4, -0.2) is 65.4 Å². The number of nitrogens with zero attached hydrogens (tertiary/aromatic N) is 2. The summed E-state index contributed by atoms with van der Waals surface area (Å²) >= 11 is 0. The molecule has 0 saturated carbocycles. The van der Waals surface area contributed by atoms with Gasteiger partial charge in [-0.05, 0) is 19.1 Å². The number of ether oxygens (including phenoxy) is 1. The van der Waals surface area contributed by atoms with Crippen molar-refractivity contribution in [2.75, 3.05) is 46.1 Å². The molecule has 2 N–H and O–H groups in total. The molecule has 7 nitrogen and oxygen atoms in total. The average molecular weight is 470 g/mol. The maximum absolute atomic E-state index is 11.3. The molecule has 0 aliphatic heterocycles. The Labute approximate surface area is 161 Å². The summed E-state index contributed by atoms with van der Waals surface area (Å²) in [4.78, 5) is 6.09. The van der Waals surface area contributed by atoms with E-state index in [-0.39, 0.29) is 29.7 Å². The molecule has 0 heterocycles. The molecule has 0 spiro atoms. The Kier molecular flexibility index (Phi) is 11.8. The molecule has 138 valence electrons. The van der Waals surface area contributed by atoms with Crippen LogP contribution in [0, 0.1) is 0 Å². The zero-order valence-corrected chi connectivity index (χ0v) is 17.5. The lowest BCUT2D eigenvalue weighted by Crippen LogP contribution is -2.43. The highest BCUT2D eigenvalue weighted by molar-refractivity contribution is 14.0. The standard InChI is InChI=1S/C15H26N4O3S.HI/c1-4-23(20,21)18-11-10-17-15(16-2)19(3)12-13-22-14-8-6-5-7-9-14;/h5-9,18H,4,10-13H2,1-3H3,(H,16,17);1H. The summed E-state index contributed by atoms with van der Waals surface area (Å²) in [5.41, 5.74) is 0. The SMILES string of the molecule is CCS(=O)(=O)NCCNC(=NC)N(C)CCOc1ccccc1.I. The quantitative estimate of drug-likeness (QED) is 0.245. The Balaban J connectivity index is 0.00000529. The molecule has 24 heavy (non-hydrogen) atoms. The van der Waals surface area contributed by atoms with Crippen molar-refractivity contribution < 1.29 is 13.2 Å². The first-order valence-corrected chi connectivity index (χ1v) is 9.20. The highest BCUT2D eigenvalue weighted by Gasteiger charge is 2.07. The molecule has 0 fully saturated rings. The third-order valence-electron chi connectivity index (χ3n) is 3.12. The normalized spacial score (nSPS) is 11.5. The maximum atomic E-state index is 11.3. The van der Waals surface area contributed by atoms with Gasteiger partial charge in [-0.1, -0.05) is 18.2 Å². The van der Waals surface area contributed by atoms with Gasteiger partial charge in [0.2, 0.25) is 10.0 Å². The van der Waals surface area contributed by atoms with Crippen LogP contribution in [0.4, 0.5) is 0 Å². The fraction of sp³-hybridized carbons (Fsp3) is 0.533. The largest absolute Gasteiger partial charge is 0.492 e. The molecule has 1 aromatic rings. The van der Waals surface area contributed by atoms with Crippen molar-refractivity contribution >= 4 is 40.0 Å². The fourth-order valence-electron chi connectivity index (χ4n) is 1.79. The average Bonchev–Trinajstić information content (AvgIpc) is 2.55. The molecule has 1 rings (SSSR count). The minimum absolute atomic E-state index is 0. The van der Waals surface area contributed by atoms with E-state index in [0.29, 0.717) is 32.2 Å². The zero-order chi connectivity index (χ0) is 17.1. The molecule has 9 heteroatoms. The van der Waals surface area contributed by atoms with E-state index in [1.807, 2.05) is 42.3 Å². The van der Waals surface area contributed by atoms with E-state index >= 15 is 0 Å². The second kappa shape index (κ2) is 12.3. The van der Waals surface area contributed by atoms with E-state index < -0.39 is 10.0 Å². The maximum Gasteiger partial charge on any atom is 0.211 e. The molecule has 0 amide bonds. The van der Waals surface area contributed by atoms with Crippen LogP contribution in [-0.2, 0) is 10.0 Å². The van der Waals surface area contributed by atoms with Gasteiger partial charge in [-0.25, -0.2) is 13.1 Å². The Morgan fingerprint density at radius 2 is 1.92 bits per heavy atom. The minimum Gasteiger partial charge on any atom is -0.492 e. The summed E-state index contributed by atoms with van der Waals surface area (Å²) < 4.78 is 30.8. The second-order valence-corrected chi connectivity index (χ2v) is 6.95. The lowest BCUT2D eigenvalue weighted by Gasteiger charge is -2.22. The second-order valence-electron chi connectivity index (χ2n) is 4.85. The van der Waals surface area contributed by atoms with Gasteiger partial charge in [0.1, 0.15) is 12.4 Å². The number of halogens is 1. The number of para-hydroxylation sites is 1. The highest BCUT2D eigenvalue weighted by atomic mass is 127. The number of aliphatic imine (C=N–C) groups is 1. The monoisotopic (exact) mass is 470 g/mol. The zero-order valence-electron chi connectivity index (χ0n) is 14.4. The van der Waals surface area contributed by atoms with Gasteiger partial charge in [0.25, 0.3) is 0 Å². The summed E-state index contributed by atoms with van der Waals surface area (Å²) in [6.45, 7) is 3.59. The van der Waals surface area contributed by atoms with Crippen molar-refractivity contribution in [3.05, 3.63) is 30.3 Å². The number of likely N-dealkylation sites (N-methyl/N-ethyl adjacent to an activating group) is 1. The summed E-state index contributed by atoms with van der Waals surface area (Å²) in [5.74, 6) is 1.61. The molecule has 0 radical (unpaired) electrons. The van der Waals surface area contributed by atoms with Gasteiger partial charge >= 0.3 is 0 Å². The summed E-state index contributed by atoms with van der Waals surface area (Å²) in [6.07, 6.45) is 0. The molecule has 0 bridgehead atoms. The first-order valence-electron chi connectivity index (χ1n) is 7.55. The van der Waals surface area contributed by atoms with Gasteiger partial charge in [-0.3, -0.25) is 4.99 Å². The Bertz CT molecular complexity index is 582. The van der Waals surface area contributed by atoms with Crippen molar-refractivity contribution in [3.63, 3.8) is 0 Å².